The van der Waals surface area contributed by atoms with Crippen molar-refractivity contribution in [3.05, 3.63) is 32.6 Å². The zero-order chi connectivity index (χ0) is 10.7. The van der Waals surface area contributed by atoms with Gasteiger partial charge in [0.05, 0.1) is 18.2 Å². The molecular weight excluding hydrogens is 300 g/mol. The number of halogens is 2. The highest BCUT2D eigenvalue weighted by atomic mass is 127. The van der Waals surface area contributed by atoms with E-state index in [-0.39, 0.29) is 11.1 Å². The summed E-state index contributed by atoms with van der Waals surface area (Å²) in [4.78, 5) is 11.1. The summed E-state index contributed by atoms with van der Waals surface area (Å²) in [5, 5.41) is 8.52. The standard InChI is InChI=1S/C9H5FINO2/c1-14-9(13)6-3-7(10)5(4-12)2-8(6)11/h2-3H,1H3. The number of hydrogen-bond donors (Lipinski definition) is 0. The number of nitrogens with zero attached hydrogens (tertiary/aromatic N) is 1. The molecule has 0 saturated heterocycles. The first-order valence-electron chi connectivity index (χ1n) is 3.57. The number of methoxy groups -OCH3 is 1. The maximum atomic E-state index is 13.1. The van der Waals surface area contributed by atoms with Crippen LogP contribution in [0, 0.1) is 20.7 Å². The van der Waals surface area contributed by atoms with E-state index in [1.807, 2.05) is 22.6 Å². The van der Waals surface area contributed by atoms with Gasteiger partial charge in [-0.25, -0.2) is 9.18 Å². The van der Waals surface area contributed by atoms with Crippen LogP contribution in [-0.4, -0.2) is 13.1 Å². The fourth-order valence-electron chi connectivity index (χ4n) is 0.899. The maximum absolute atomic E-state index is 13.1. The van der Waals surface area contributed by atoms with Gasteiger partial charge in [-0.3, -0.25) is 0 Å². The Hall–Kier alpha value is -1.16. The number of carbonyl (C=O) groups excluding carboxylic acids is 1. The molecule has 0 spiro atoms. The van der Waals surface area contributed by atoms with Crippen molar-refractivity contribution in [2.75, 3.05) is 7.11 Å². The lowest BCUT2D eigenvalue weighted by Crippen LogP contribution is -2.05. The summed E-state index contributed by atoms with van der Waals surface area (Å²) in [6, 6.07) is 4.00. The number of rotatable bonds is 1. The lowest BCUT2D eigenvalue weighted by Gasteiger charge is -2.03. The average Bonchev–Trinajstić information content (AvgIpc) is 2.19. The predicted molar refractivity (Wildman–Crippen MR) is 55.2 cm³/mol. The van der Waals surface area contributed by atoms with Gasteiger partial charge < -0.3 is 4.74 Å². The number of benzene rings is 1. The number of carbonyl (C=O) groups is 1. The van der Waals surface area contributed by atoms with E-state index in [0.29, 0.717) is 3.57 Å². The largest absolute Gasteiger partial charge is 0.465 e. The molecular formula is C9H5FINO2. The minimum absolute atomic E-state index is 0.0814. The molecule has 1 aromatic carbocycles. The Balaban J connectivity index is 3.30. The SMILES string of the molecule is COC(=O)c1cc(F)c(C#N)cc1I. The summed E-state index contributed by atoms with van der Waals surface area (Å²) in [6.07, 6.45) is 0. The van der Waals surface area contributed by atoms with Gasteiger partial charge in [-0.2, -0.15) is 5.26 Å². The second-order valence-corrected chi connectivity index (χ2v) is 3.58. The van der Waals surface area contributed by atoms with Crippen LogP contribution < -0.4 is 0 Å². The van der Waals surface area contributed by atoms with Crippen molar-refractivity contribution in [2.45, 2.75) is 0 Å². The van der Waals surface area contributed by atoms with Crippen LogP contribution >= 0.6 is 22.6 Å². The van der Waals surface area contributed by atoms with E-state index in [2.05, 4.69) is 4.74 Å². The minimum Gasteiger partial charge on any atom is -0.465 e. The molecule has 0 saturated carbocycles. The molecule has 0 radical (unpaired) electrons. The van der Waals surface area contributed by atoms with Crippen LogP contribution in [0.4, 0.5) is 4.39 Å². The first kappa shape index (κ1) is 10.9. The van der Waals surface area contributed by atoms with E-state index in [1.165, 1.54) is 13.2 Å². The van der Waals surface area contributed by atoms with E-state index in [1.54, 1.807) is 6.07 Å². The Bertz CT molecular complexity index is 426. The first-order chi connectivity index (χ1) is 6.60. The van der Waals surface area contributed by atoms with Gasteiger partial charge in [0.25, 0.3) is 0 Å². The highest BCUT2D eigenvalue weighted by Crippen LogP contribution is 2.18. The summed E-state index contributed by atoms with van der Waals surface area (Å²) in [5.41, 5.74) is 0.0478. The molecule has 5 heteroatoms. The number of ether oxygens (including phenoxy) is 1. The quantitative estimate of drug-likeness (QED) is 0.590. The summed E-state index contributed by atoms with van der Waals surface area (Å²) in [5.74, 6) is -1.33. The maximum Gasteiger partial charge on any atom is 0.339 e. The van der Waals surface area contributed by atoms with Crippen LogP contribution in [0.15, 0.2) is 12.1 Å². The number of nitriles is 1. The van der Waals surface area contributed by atoms with Gasteiger partial charge >= 0.3 is 5.97 Å². The molecule has 1 aromatic rings. The molecule has 0 unspecified atom stereocenters. The average molecular weight is 305 g/mol. The van der Waals surface area contributed by atoms with E-state index >= 15 is 0 Å². The van der Waals surface area contributed by atoms with Gasteiger partial charge in [-0.05, 0) is 34.7 Å². The van der Waals surface area contributed by atoms with Crippen molar-refractivity contribution in [3.63, 3.8) is 0 Å². The molecule has 0 aliphatic heterocycles. The van der Waals surface area contributed by atoms with Crippen molar-refractivity contribution < 1.29 is 13.9 Å². The van der Waals surface area contributed by atoms with Crippen molar-refractivity contribution in [1.82, 2.24) is 0 Å². The molecule has 3 nitrogen and oxygen atoms in total. The van der Waals surface area contributed by atoms with Gasteiger partial charge in [0.15, 0.2) is 0 Å². The second kappa shape index (κ2) is 4.37. The third-order valence-corrected chi connectivity index (χ3v) is 2.47. The van der Waals surface area contributed by atoms with Gasteiger partial charge in [-0.1, -0.05) is 0 Å². The van der Waals surface area contributed by atoms with E-state index in [9.17, 15) is 9.18 Å². The Labute approximate surface area is 93.6 Å². The second-order valence-electron chi connectivity index (χ2n) is 2.42. The van der Waals surface area contributed by atoms with Crippen molar-refractivity contribution in [1.29, 1.82) is 5.26 Å². The predicted octanol–water partition coefficient (Wildman–Crippen LogP) is 2.09. The minimum atomic E-state index is -0.715. The number of esters is 1. The molecule has 1 rings (SSSR count). The molecule has 0 atom stereocenters. The summed E-state index contributed by atoms with van der Waals surface area (Å²) in [7, 11) is 1.22. The summed E-state index contributed by atoms with van der Waals surface area (Å²) >= 11 is 1.85. The van der Waals surface area contributed by atoms with Crippen LogP contribution in [0.2, 0.25) is 0 Å². The first-order valence-corrected chi connectivity index (χ1v) is 4.65. The molecule has 72 valence electrons. The normalized spacial score (nSPS) is 9.29. The zero-order valence-corrected chi connectivity index (χ0v) is 9.33. The van der Waals surface area contributed by atoms with Crippen molar-refractivity contribution in [3.8, 4) is 6.07 Å². The Morgan fingerprint density at radius 3 is 2.79 bits per heavy atom. The van der Waals surface area contributed by atoms with Crippen molar-refractivity contribution >= 4 is 28.6 Å². The molecule has 0 aliphatic carbocycles. The smallest absolute Gasteiger partial charge is 0.339 e. The Morgan fingerprint density at radius 1 is 1.64 bits per heavy atom. The highest BCUT2D eigenvalue weighted by molar-refractivity contribution is 14.1. The third kappa shape index (κ3) is 2.01. The summed E-state index contributed by atoms with van der Waals surface area (Å²) < 4.78 is 18.0. The molecule has 14 heavy (non-hydrogen) atoms. The fraction of sp³-hybridized carbons (Fsp3) is 0.111. The van der Waals surface area contributed by atoms with Crippen molar-refractivity contribution in [2.24, 2.45) is 0 Å². The Morgan fingerprint density at radius 2 is 2.29 bits per heavy atom. The van der Waals surface area contributed by atoms with Gasteiger partial charge in [-0.15, -0.1) is 0 Å². The van der Waals surface area contributed by atoms with Crippen LogP contribution in [0.25, 0.3) is 0 Å². The molecule has 0 amide bonds. The molecule has 0 heterocycles. The van der Waals surface area contributed by atoms with Crippen LogP contribution in [-0.2, 0) is 4.74 Å². The Kier molecular flexibility index (Phi) is 3.41. The molecule has 0 aliphatic rings. The van der Waals surface area contributed by atoms with Crippen LogP contribution in [0.5, 0.6) is 0 Å². The number of hydrogen-bond acceptors (Lipinski definition) is 3. The van der Waals surface area contributed by atoms with Gasteiger partial charge in [0.1, 0.15) is 11.9 Å². The molecule has 0 aromatic heterocycles. The van der Waals surface area contributed by atoms with E-state index < -0.39 is 11.8 Å². The van der Waals surface area contributed by atoms with Crippen LogP contribution in [0.1, 0.15) is 15.9 Å². The molecule has 0 N–H and O–H groups in total. The van der Waals surface area contributed by atoms with E-state index in [4.69, 9.17) is 5.26 Å². The zero-order valence-electron chi connectivity index (χ0n) is 7.17. The molecule has 0 fully saturated rings. The monoisotopic (exact) mass is 305 g/mol. The molecule has 0 bridgehead atoms. The van der Waals surface area contributed by atoms with Crippen LogP contribution in [0.3, 0.4) is 0 Å². The van der Waals surface area contributed by atoms with Gasteiger partial charge in [0, 0.05) is 3.57 Å². The lowest BCUT2D eigenvalue weighted by molar-refractivity contribution is 0.0599. The third-order valence-electron chi connectivity index (χ3n) is 1.58. The fourth-order valence-corrected chi connectivity index (χ4v) is 1.59. The van der Waals surface area contributed by atoms with E-state index in [0.717, 1.165) is 6.07 Å². The lowest BCUT2D eigenvalue weighted by atomic mass is 10.1. The highest BCUT2D eigenvalue weighted by Gasteiger charge is 2.14. The topological polar surface area (TPSA) is 50.1 Å². The summed E-state index contributed by atoms with van der Waals surface area (Å²) in [6.45, 7) is 0. The van der Waals surface area contributed by atoms with Gasteiger partial charge in [0.2, 0.25) is 0 Å².